The second kappa shape index (κ2) is 9.95. The van der Waals surface area contributed by atoms with Crippen molar-refractivity contribution in [2.24, 2.45) is 0 Å². The van der Waals surface area contributed by atoms with Crippen LogP contribution in [0.3, 0.4) is 0 Å². The molecule has 29 heavy (non-hydrogen) atoms. The Labute approximate surface area is 180 Å². The molecule has 0 N–H and O–H groups in total. The molecule has 0 saturated carbocycles. The number of nitriles is 1. The van der Waals surface area contributed by atoms with E-state index in [-0.39, 0.29) is 0 Å². The lowest BCUT2D eigenvalue weighted by atomic mass is 10.0. The van der Waals surface area contributed by atoms with Crippen LogP contribution in [0.4, 0.5) is 0 Å². The summed E-state index contributed by atoms with van der Waals surface area (Å²) in [6.45, 7) is 4.95. The zero-order valence-electron chi connectivity index (χ0n) is 16.5. The highest BCUT2D eigenvalue weighted by molar-refractivity contribution is 9.10. The molecule has 3 aromatic rings. The van der Waals surface area contributed by atoms with Crippen LogP contribution >= 0.6 is 15.9 Å². The van der Waals surface area contributed by atoms with Crippen LogP contribution in [-0.4, -0.2) is 6.61 Å². The molecule has 0 unspecified atom stereocenters. The molecule has 146 valence electrons. The molecule has 0 atom stereocenters. The summed E-state index contributed by atoms with van der Waals surface area (Å²) in [6.07, 6.45) is 1.87. The summed E-state index contributed by atoms with van der Waals surface area (Å²) in [5, 5.41) is 9.59. The van der Waals surface area contributed by atoms with Gasteiger partial charge in [0.2, 0.25) is 0 Å². The second-order valence-corrected chi connectivity index (χ2v) is 7.51. The van der Waals surface area contributed by atoms with Crippen LogP contribution in [0.5, 0.6) is 11.5 Å². The van der Waals surface area contributed by atoms with Gasteiger partial charge in [0.15, 0.2) is 11.5 Å². The van der Waals surface area contributed by atoms with Gasteiger partial charge in [-0.05, 0) is 60.9 Å². The van der Waals surface area contributed by atoms with E-state index in [0.29, 0.717) is 30.3 Å². The van der Waals surface area contributed by atoms with E-state index in [1.54, 1.807) is 0 Å². The van der Waals surface area contributed by atoms with Gasteiger partial charge >= 0.3 is 0 Å². The lowest BCUT2D eigenvalue weighted by Gasteiger charge is -2.13. The van der Waals surface area contributed by atoms with Crippen molar-refractivity contribution in [3.8, 4) is 17.6 Å². The Bertz CT molecular complexity index is 1030. The Morgan fingerprint density at radius 3 is 2.34 bits per heavy atom. The molecule has 0 heterocycles. The van der Waals surface area contributed by atoms with Crippen molar-refractivity contribution in [2.75, 3.05) is 6.61 Å². The molecule has 0 aromatic heterocycles. The number of hydrogen-bond acceptors (Lipinski definition) is 3. The summed E-state index contributed by atoms with van der Waals surface area (Å²) in [7, 11) is 0. The maximum Gasteiger partial charge on any atom is 0.161 e. The third-order valence-electron chi connectivity index (χ3n) is 4.37. The van der Waals surface area contributed by atoms with E-state index in [4.69, 9.17) is 9.47 Å². The molecular formula is C25H22BrNO2. The second-order valence-electron chi connectivity index (χ2n) is 6.59. The van der Waals surface area contributed by atoms with Crippen LogP contribution in [0.1, 0.15) is 29.2 Å². The molecule has 0 saturated heterocycles. The SMILES string of the molecule is CCOc1cc(/C=C(/C#N)c2ccc(C)cc2)ccc1OCc1ccc(Br)cc1. The van der Waals surface area contributed by atoms with E-state index in [1.807, 2.05) is 86.7 Å². The Hall–Kier alpha value is -3.03. The summed E-state index contributed by atoms with van der Waals surface area (Å²) >= 11 is 3.44. The molecule has 3 rings (SSSR count). The number of rotatable bonds is 7. The summed E-state index contributed by atoms with van der Waals surface area (Å²) in [5.74, 6) is 1.35. The first-order valence-electron chi connectivity index (χ1n) is 9.42. The van der Waals surface area contributed by atoms with E-state index in [0.717, 1.165) is 26.7 Å². The molecule has 0 radical (unpaired) electrons. The van der Waals surface area contributed by atoms with Gasteiger partial charge < -0.3 is 9.47 Å². The molecule has 0 amide bonds. The summed E-state index contributed by atoms with van der Waals surface area (Å²) in [5.41, 5.74) is 4.63. The Morgan fingerprint density at radius 2 is 1.69 bits per heavy atom. The molecular weight excluding hydrogens is 426 g/mol. The predicted octanol–water partition coefficient (Wildman–Crippen LogP) is 6.80. The van der Waals surface area contributed by atoms with Gasteiger partial charge in [0.05, 0.1) is 18.2 Å². The fourth-order valence-corrected chi connectivity index (χ4v) is 3.09. The Kier molecular flexibility index (Phi) is 7.10. The van der Waals surface area contributed by atoms with Crippen molar-refractivity contribution in [1.29, 1.82) is 5.26 Å². The quantitative estimate of drug-likeness (QED) is 0.295. The standard InChI is InChI=1S/C25H22BrNO2/c1-3-28-25-15-20(14-22(16-27)21-9-4-18(2)5-10-21)8-13-24(25)29-17-19-6-11-23(26)12-7-19/h4-15H,3,17H2,1-2H3/b22-14-. The van der Waals surface area contributed by atoms with Crippen LogP contribution in [-0.2, 0) is 6.61 Å². The summed E-state index contributed by atoms with van der Waals surface area (Å²) < 4.78 is 12.8. The van der Waals surface area contributed by atoms with E-state index in [2.05, 4.69) is 22.0 Å². The highest BCUT2D eigenvalue weighted by atomic mass is 79.9. The number of ether oxygens (including phenoxy) is 2. The summed E-state index contributed by atoms with van der Waals surface area (Å²) in [4.78, 5) is 0. The maximum atomic E-state index is 9.59. The van der Waals surface area contributed by atoms with E-state index < -0.39 is 0 Å². The van der Waals surface area contributed by atoms with Crippen molar-refractivity contribution in [1.82, 2.24) is 0 Å². The minimum Gasteiger partial charge on any atom is -0.490 e. The molecule has 0 aliphatic heterocycles. The number of halogens is 1. The minimum absolute atomic E-state index is 0.454. The molecule has 0 fully saturated rings. The minimum atomic E-state index is 0.454. The fraction of sp³-hybridized carbons (Fsp3) is 0.160. The van der Waals surface area contributed by atoms with Crippen LogP contribution in [0.15, 0.2) is 71.2 Å². The van der Waals surface area contributed by atoms with Gasteiger partial charge in [0.1, 0.15) is 6.61 Å². The number of allylic oxidation sites excluding steroid dienone is 1. The van der Waals surface area contributed by atoms with Crippen LogP contribution in [0, 0.1) is 18.3 Å². The number of aryl methyl sites for hydroxylation is 1. The predicted molar refractivity (Wildman–Crippen MR) is 121 cm³/mol. The van der Waals surface area contributed by atoms with Crippen molar-refractivity contribution >= 4 is 27.6 Å². The number of benzene rings is 3. The normalized spacial score (nSPS) is 11.0. The molecule has 0 aliphatic rings. The number of hydrogen-bond donors (Lipinski definition) is 0. The van der Waals surface area contributed by atoms with Gasteiger partial charge in [-0.2, -0.15) is 5.26 Å². The highest BCUT2D eigenvalue weighted by Crippen LogP contribution is 2.31. The van der Waals surface area contributed by atoms with Crippen molar-refractivity contribution in [2.45, 2.75) is 20.5 Å². The molecule has 0 bridgehead atoms. The van der Waals surface area contributed by atoms with Crippen molar-refractivity contribution < 1.29 is 9.47 Å². The van der Waals surface area contributed by atoms with Gasteiger partial charge in [0.25, 0.3) is 0 Å². The average molecular weight is 448 g/mol. The first kappa shape index (κ1) is 20.7. The van der Waals surface area contributed by atoms with Crippen LogP contribution in [0.2, 0.25) is 0 Å². The molecule has 3 nitrogen and oxygen atoms in total. The first-order chi connectivity index (χ1) is 14.1. The van der Waals surface area contributed by atoms with Crippen LogP contribution in [0.25, 0.3) is 11.6 Å². The van der Waals surface area contributed by atoms with Gasteiger partial charge in [-0.1, -0.05) is 64.0 Å². The van der Waals surface area contributed by atoms with E-state index in [9.17, 15) is 5.26 Å². The molecule has 4 heteroatoms. The van der Waals surface area contributed by atoms with Gasteiger partial charge in [-0.15, -0.1) is 0 Å². The fourth-order valence-electron chi connectivity index (χ4n) is 2.82. The summed E-state index contributed by atoms with van der Waals surface area (Å²) in [6, 6.07) is 24.0. The Balaban J connectivity index is 1.83. The van der Waals surface area contributed by atoms with Gasteiger partial charge in [-0.3, -0.25) is 0 Å². The van der Waals surface area contributed by atoms with Crippen LogP contribution < -0.4 is 9.47 Å². The largest absolute Gasteiger partial charge is 0.490 e. The monoisotopic (exact) mass is 447 g/mol. The van der Waals surface area contributed by atoms with Crippen molar-refractivity contribution in [3.63, 3.8) is 0 Å². The Morgan fingerprint density at radius 1 is 0.966 bits per heavy atom. The third-order valence-corrected chi connectivity index (χ3v) is 4.90. The smallest absolute Gasteiger partial charge is 0.161 e. The zero-order valence-corrected chi connectivity index (χ0v) is 18.1. The van der Waals surface area contributed by atoms with Crippen molar-refractivity contribution in [3.05, 3.63) is 93.5 Å². The zero-order chi connectivity index (χ0) is 20.6. The average Bonchev–Trinajstić information content (AvgIpc) is 2.73. The maximum absolute atomic E-state index is 9.59. The highest BCUT2D eigenvalue weighted by Gasteiger charge is 2.08. The molecule has 3 aromatic carbocycles. The topological polar surface area (TPSA) is 42.2 Å². The van der Waals surface area contributed by atoms with Gasteiger partial charge in [-0.25, -0.2) is 0 Å². The lowest BCUT2D eigenvalue weighted by Crippen LogP contribution is -2.00. The van der Waals surface area contributed by atoms with Gasteiger partial charge in [0, 0.05) is 4.47 Å². The first-order valence-corrected chi connectivity index (χ1v) is 10.2. The lowest BCUT2D eigenvalue weighted by molar-refractivity contribution is 0.269. The van der Waals surface area contributed by atoms with E-state index in [1.165, 1.54) is 0 Å². The third kappa shape index (κ3) is 5.73. The molecule has 0 spiro atoms. The van der Waals surface area contributed by atoms with E-state index >= 15 is 0 Å². The number of nitrogens with zero attached hydrogens (tertiary/aromatic N) is 1. The molecule has 0 aliphatic carbocycles.